The molecule has 0 atom stereocenters. The predicted octanol–water partition coefficient (Wildman–Crippen LogP) is 1.61. The summed E-state index contributed by atoms with van der Waals surface area (Å²) >= 11 is 0. The van der Waals surface area contributed by atoms with Gasteiger partial charge in [-0.1, -0.05) is 6.07 Å². The molecule has 0 saturated heterocycles. The summed E-state index contributed by atoms with van der Waals surface area (Å²) < 4.78 is 0. The van der Waals surface area contributed by atoms with Crippen molar-refractivity contribution in [3.05, 3.63) is 47.9 Å². The first-order valence-electron chi connectivity index (χ1n) is 5.98. The lowest BCUT2D eigenvalue weighted by atomic mass is 10.2. The number of nitrogen functional groups attached to an aromatic ring is 1. The van der Waals surface area contributed by atoms with Gasteiger partial charge in [-0.2, -0.15) is 5.26 Å². The molecule has 2 rings (SSSR count). The molecule has 5 nitrogen and oxygen atoms in total. The number of hydrogen-bond acceptors (Lipinski definition) is 5. The third kappa shape index (κ3) is 3.19. The van der Waals surface area contributed by atoms with Crippen molar-refractivity contribution in [3.8, 4) is 6.07 Å². The molecule has 0 spiro atoms. The lowest BCUT2D eigenvalue weighted by Gasteiger charge is -2.18. The lowest BCUT2D eigenvalue weighted by Crippen LogP contribution is -2.22. The maximum absolute atomic E-state index is 8.91. The van der Waals surface area contributed by atoms with Gasteiger partial charge in [-0.05, 0) is 24.3 Å². The van der Waals surface area contributed by atoms with Crippen molar-refractivity contribution in [1.29, 1.82) is 5.26 Å². The molecule has 0 aliphatic carbocycles. The molecule has 0 aliphatic rings. The topological polar surface area (TPSA) is 78.8 Å². The molecule has 0 fully saturated rings. The van der Waals surface area contributed by atoms with Crippen LogP contribution in [-0.4, -0.2) is 23.6 Å². The monoisotopic (exact) mass is 253 g/mol. The van der Waals surface area contributed by atoms with Gasteiger partial charge in [0.2, 0.25) is 0 Å². The minimum absolute atomic E-state index is 0.266. The van der Waals surface area contributed by atoms with Gasteiger partial charge in [-0.3, -0.25) is 4.98 Å². The molecular formula is C14H15N5. The second-order valence-corrected chi connectivity index (χ2v) is 4.21. The van der Waals surface area contributed by atoms with E-state index < -0.39 is 0 Å². The van der Waals surface area contributed by atoms with Crippen LogP contribution in [0.1, 0.15) is 11.4 Å². The van der Waals surface area contributed by atoms with Crippen molar-refractivity contribution >= 4 is 11.5 Å². The van der Waals surface area contributed by atoms with E-state index in [0.29, 0.717) is 5.69 Å². The van der Waals surface area contributed by atoms with Gasteiger partial charge < -0.3 is 10.6 Å². The van der Waals surface area contributed by atoms with Gasteiger partial charge in [-0.25, -0.2) is 4.98 Å². The van der Waals surface area contributed by atoms with Crippen molar-refractivity contribution in [3.63, 3.8) is 0 Å². The van der Waals surface area contributed by atoms with Crippen molar-refractivity contribution in [1.82, 2.24) is 9.97 Å². The van der Waals surface area contributed by atoms with Crippen LogP contribution in [0.3, 0.4) is 0 Å². The molecule has 2 aromatic rings. The van der Waals surface area contributed by atoms with E-state index in [1.165, 1.54) is 0 Å². The average Bonchev–Trinajstić information content (AvgIpc) is 2.46. The fourth-order valence-electron chi connectivity index (χ4n) is 1.70. The molecule has 0 aromatic carbocycles. The van der Waals surface area contributed by atoms with Crippen LogP contribution in [0.5, 0.6) is 0 Å². The van der Waals surface area contributed by atoms with E-state index in [-0.39, 0.29) is 5.69 Å². The summed E-state index contributed by atoms with van der Waals surface area (Å²) in [6.07, 6.45) is 2.61. The third-order valence-electron chi connectivity index (χ3n) is 2.84. The summed E-state index contributed by atoms with van der Waals surface area (Å²) in [5.74, 6) is 0.738. The molecule has 19 heavy (non-hydrogen) atoms. The first-order chi connectivity index (χ1) is 9.20. The van der Waals surface area contributed by atoms with Crippen LogP contribution in [0.2, 0.25) is 0 Å². The van der Waals surface area contributed by atoms with Gasteiger partial charge in [-0.15, -0.1) is 0 Å². The SMILES string of the molecule is CN(CCc1ccccn1)c1ccc(N)c(C#N)n1. The van der Waals surface area contributed by atoms with E-state index in [4.69, 9.17) is 11.0 Å². The molecule has 0 bridgehead atoms. The molecule has 0 amide bonds. The second kappa shape index (κ2) is 5.83. The molecule has 2 aromatic heterocycles. The Hall–Kier alpha value is -2.61. The van der Waals surface area contributed by atoms with Crippen LogP contribution < -0.4 is 10.6 Å². The maximum atomic E-state index is 8.91. The van der Waals surface area contributed by atoms with E-state index in [0.717, 1.165) is 24.5 Å². The van der Waals surface area contributed by atoms with E-state index in [1.54, 1.807) is 12.3 Å². The van der Waals surface area contributed by atoms with Crippen LogP contribution in [0.25, 0.3) is 0 Å². The number of rotatable bonds is 4. The number of nitrogens with zero attached hydrogens (tertiary/aromatic N) is 4. The highest BCUT2D eigenvalue weighted by Crippen LogP contribution is 2.15. The molecule has 0 radical (unpaired) electrons. The van der Waals surface area contributed by atoms with Gasteiger partial charge in [0.05, 0.1) is 5.69 Å². The highest BCUT2D eigenvalue weighted by atomic mass is 15.2. The number of nitrogens with two attached hydrogens (primary N) is 1. The third-order valence-corrected chi connectivity index (χ3v) is 2.84. The minimum atomic E-state index is 0.266. The molecule has 96 valence electrons. The normalized spacial score (nSPS) is 9.89. The Morgan fingerprint density at radius 3 is 2.84 bits per heavy atom. The van der Waals surface area contributed by atoms with Crippen molar-refractivity contribution in [2.75, 3.05) is 24.2 Å². The predicted molar refractivity (Wildman–Crippen MR) is 74.6 cm³/mol. The number of aromatic nitrogens is 2. The summed E-state index contributed by atoms with van der Waals surface area (Å²) in [6, 6.07) is 11.4. The zero-order valence-corrected chi connectivity index (χ0v) is 10.7. The standard InChI is InChI=1S/C14H15N5/c1-19(9-7-11-4-2-3-8-17-11)14-6-5-12(16)13(10-15)18-14/h2-6,8H,7,9,16H2,1H3. The van der Waals surface area contributed by atoms with Gasteiger partial charge in [0.1, 0.15) is 11.9 Å². The number of nitriles is 1. The number of anilines is 2. The minimum Gasteiger partial charge on any atom is -0.396 e. The van der Waals surface area contributed by atoms with Gasteiger partial charge in [0, 0.05) is 31.9 Å². The number of likely N-dealkylation sites (N-methyl/N-ethyl adjacent to an activating group) is 1. The average molecular weight is 253 g/mol. The van der Waals surface area contributed by atoms with Gasteiger partial charge in [0.15, 0.2) is 5.69 Å². The molecule has 2 heterocycles. The fraction of sp³-hybridized carbons (Fsp3) is 0.214. The Morgan fingerprint density at radius 2 is 2.16 bits per heavy atom. The Labute approximate surface area is 112 Å². The highest BCUT2D eigenvalue weighted by molar-refractivity contribution is 5.55. The van der Waals surface area contributed by atoms with Crippen molar-refractivity contribution in [2.45, 2.75) is 6.42 Å². The molecule has 0 unspecified atom stereocenters. The number of hydrogen-bond donors (Lipinski definition) is 1. The lowest BCUT2D eigenvalue weighted by molar-refractivity contribution is 0.838. The highest BCUT2D eigenvalue weighted by Gasteiger charge is 2.06. The number of pyridine rings is 2. The van der Waals surface area contributed by atoms with E-state index in [1.807, 2.05) is 42.3 Å². The van der Waals surface area contributed by atoms with Crippen molar-refractivity contribution < 1.29 is 0 Å². The first-order valence-corrected chi connectivity index (χ1v) is 5.98. The molecule has 2 N–H and O–H groups in total. The van der Waals surface area contributed by atoms with E-state index >= 15 is 0 Å². The maximum Gasteiger partial charge on any atom is 0.165 e. The van der Waals surface area contributed by atoms with Crippen LogP contribution in [0, 0.1) is 11.3 Å². The van der Waals surface area contributed by atoms with Gasteiger partial charge >= 0.3 is 0 Å². The van der Waals surface area contributed by atoms with E-state index in [9.17, 15) is 0 Å². The second-order valence-electron chi connectivity index (χ2n) is 4.21. The summed E-state index contributed by atoms with van der Waals surface area (Å²) in [5.41, 5.74) is 7.36. The van der Waals surface area contributed by atoms with E-state index in [2.05, 4.69) is 9.97 Å². The van der Waals surface area contributed by atoms with Crippen LogP contribution in [0.4, 0.5) is 11.5 Å². The summed E-state index contributed by atoms with van der Waals surface area (Å²) in [6.45, 7) is 0.777. The first kappa shape index (κ1) is 12.8. The van der Waals surface area contributed by atoms with Crippen LogP contribution in [0.15, 0.2) is 36.5 Å². The van der Waals surface area contributed by atoms with Crippen LogP contribution in [-0.2, 0) is 6.42 Å². The Morgan fingerprint density at radius 1 is 1.32 bits per heavy atom. The van der Waals surface area contributed by atoms with Gasteiger partial charge in [0.25, 0.3) is 0 Å². The Bertz CT molecular complexity index is 589. The molecule has 0 saturated carbocycles. The zero-order chi connectivity index (χ0) is 13.7. The summed E-state index contributed by atoms with van der Waals surface area (Å²) in [7, 11) is 1.93. The summed E-state index contributed by atoms with van der Waals surface area (Å²) in [4.78, 5) is 10.5. The largest absolute Gasteiger partial charge is 0.396 e. The molecule has 5 heteroatoms. The van der Waals surface area contributed by atoms with Crippen LogP contribution >= 0.6 is 0 Å². The summed E-state index contributed by atoms with van der Waals surface area (Å²) in [5, 5.41) is 8.91. The quantitative estimate of drug-likeness (QED) is 0.895. The zero-order valence-electron chi connectivity index (χ0n) is 10.7. The smallest absolute Gasteiger partial charge is 0.165 e. The van der Waals surface area contributed by atoms with Crippen molar-refractivity contribution in [2.24, 2.45) is 0 Å². The fourth-order valence-corrected chi connectivity index (χ4v) is 1.70. The Balaban J connectivity index is 2.04. The Kier molecular flexibility index (Phi) is 3.94. The molecule has 0 aliphatic heterocycles. The molecular weight excluding hydrogens is 238 g/mol.